The summed E-state index contributed by atoms with van der Waals surface area (Å²) in [6.07, 6.45) is 14.6. The van der Waals surface area contributed by atoms with Crippen LogP contribution in [-0.2, 0) is 32.1 Å². The number of unbranched alkanes of at least 4 members (excludes halogenated alkanes) is 2. The fourth-order valence-corrected chi connectivity index (χ4v) is 8.47. The summed E-state index contributed by atoms with van der Waals surface area (Å²) < 4.78 is 0. The maximum Gasteiger partial charge on any atom is -0.0116 e. The molecule has 3 aromatic carbocycles. The third kappa shape index (κ3) is 7.10. The Bertz CT molecular complexity index is 1010. The van der Waals surface area contributed by atoms with Crippen molar-refractivity contribution < 1.29 is 0 Å². The highest BCUT2D eigenvalue weighted by Crippen LogP contribution is 2.39. The van der Waals surface area contributed by atoms with Gasteiger partial charge in [0, 0.05) is 0 Å². The fraction of sp³-hybridized carbons (Fsp3) is 0.486. The number of benzene rings is 3. The normalized spacial score (nSPS) is 11.4. The Morgan fingerprint density at radius 2 is 0.917 bits per heavy atom. The van der Waals surface area contributed by atoms with Crippen molar-refractivity contribution >= 4 is 23.8 Å². The minimum atomic E-state index is -0.602. The van der Waals surface area contributed by atoms with Crippen molar-refractivity contribution in [1.29, 1.82) is 0 Å². The maximum absolute atomic E-state index is 2.55. The molecule has 0 heterocycles. The van der Waals surface area contributed by atoms with E-state index in [2.05, 4.69) is 95.3 Å². The monoisotopic (exact) mass is 500 g/mol. The zero-order valence-electron chi connectivity index (χ0n) is 23.7. The van der Waals surface area contributed by atoms with Gasteiger partial charge in [-0.3, -0.25) is 0 Å². The Morgan fingerprint density at radius 3 is 1.42 bits per heavy atom. The summed E-state index contributed by atoms with van der Waals surface area (Å²) in [5.74, 6) is 0. The lowest BCUT2D eigenvalue weighted by Crippen LogP contribution is -2.29. The topological polar surface area (TPSA) is 0 Å². The third-order valence-corrected chi connectivity index (χ3v) is 10.1. The van der Waals surface area contributed by atoms with E-state index in [0.29, 0.717) is 0 Å². The van der Waals surface area contributed by atoms with Crippen molar-refractivity contribution in [2.45, 2.75) is 112 Å². The van der Waals surface area contributed by atoms with E-state index in [9.17, 15) is 0 Å². The lowest BCUT2D eigenvalue weighted by molar-refractivity contribution is 0.797. The highest BCUT2D eigenvalue weighted by Gasteiger charge is 2.25. The molecule has 0 aromatic heterocycles. The molecule has 1 heteroatoms. The highest BCUT2D eigenvalue weighted by molar-refractivity contribution is 7.80. The first-order valence-corrected chi connectivity index (χ1v) is 16.1. The van der Waals surface area contributed by atoms with Crippen LogP contribution >= 0.6 is 7.92 Å². The summed E-state index contributed by atoms with van der Waals surface area (Å²) in [6, 6.07) is 23.9. The van der Waals surface area contributed by atoms with Crippen LogP contribution in [0.2, 0.25) is 0 Å². The smallest absolute Gasteiger partial charge is 0.0116 e. The molecule has 0 unspecified atom stereocenters. The van der Waals surface area contributed by atoms with Gasteiger partial charge >= 0.3 is 0 Å². The highest BCUT2D eigenvalue weighted by atomic mass is 31.1. The van der Waals surface area contributed by atoms with Crippen LogP contribution in [-0.4, -0.2) is 0 Å². The van der Waals surface area contributed by atoms with Crippen molar-refractivity contribution in [1.82, 2.24) is 0 Å². The molecule has 0 radical (unpaired) electrons. The second-order valence-corrected chi connectivity index (χ2v) is 12.4. The molecule has 0 aliphatic carbocycles. The van der Waals surface area contributed by atoms with Crippen LogP contribution in [0.25, 0.3) is 0 Å². The molecular formula is C35H49P. The average molecular weight is 501 g/mol. The van der Waals surface area contributed by atoms with Crippen LogP contribution < -0.4 is 15.9 Å². The zero-order chi connectivity index (χ0) is 25.8. The van der Waals surface area contributed by atoms with Gasteiger partial charge in [-0.25, -0.2) is 0 Å². The molecule has 194 valence electrons. The summed E-state index contributed by atoms with van der Waals surface area (Å²) in [6.45, 7) is 11.7. The lowest BCUT2D eigenvalue weighted by Gasteiger charge is -2.29. The molecule has 0 aliphatic heterocycles. The summed E-state index contributed by atoms with van der Waals surface area (Å²) in [7, 11) is -0.602. The Hall–Kier alpha value is -1.91. The molecule has 3 aromatic rings. The molecule has 36 heavy (non-hydrogen) atoms. The van der Waals surface area contributed by atoms with Gasteiger partial charge in [-0.15, -0.1) is 0 Å². The summed E-state index contributed by atoms with van der Waals surface area (Å²) in [5, 5.41) is 4.81. The predicted molar refractivity (Wildman–Crippen MR) is 164 cm³/mol. The van der Waals surface area contributed by atoms with Gasteiger partial charge in [0.25, 0.3) is 0 Å². The van der Waals surface area contributed by atoms with Crippen LogP contribution in [0, 0.1) is 0 Å². The minimum Gasteiger partial charge on any atom is -0.0654 e. The zero-order valence-corrected chi connectivity index (χ0v) is 24.6. The second-order valence-electron chi connectivity index (χ2n) is 10.3. The average Bonchev–Trinajstić information content (AvgIpc) is 2.90. The van der Waals surface area contributed by atoms with E-state index in [0.717, 1.165) is 0 Å². The van der Waals surface area contributed by atoms with E-state index >= 15 is 0 Å². The van der Waals surface area contributed by atoms with Crippen LogP contribution in [0.3, 0.4) is 0 Å². The first-order valence-electron chi connectivity index (χ1n) is 14.8. The SMILES string of the molecule is CCCCc1ccccc1P(c1ccccc1CCCC)c1ccc(CCC)c(CCC)c1CCC. The van der Waals surface area contributed by atoms with E-state index in [-0.39, 0.29) is 0 Å². The van der Waals surface area contributed by atoms with E-state index < -0.39 is 7.92 Å². The molecule has 0 N–H and O–H groups in total. The molecule has 0 atom stereocenters. The lowest BCUT2D eigenvalue weighted by atomic mass is 9.92. The van der Waals surface area contributed by atoms with Crippen molar-refractivity contribution in [2.24, 2.45) is 0 Å². The van der Waals surface area contributed by atoms with Gasteiger partial charge < -0.3 is 0 Å². The fourth-order valence-electron chi connectivity index (χ4n) is 5.54. The van der Waals surface area contributed by atoms with Gasteiger partial charge in [0.1, 0.15) is 0 Å². The van der Waals surface area contributed by atoms with Gasteiger partial charge in [0.05, 0.1) is 0 Å². The number of rotatable bonds is 15. The van der Waals surface area contributed by atoms with Crippen molar-refractivity contribution in [3.05, 3.63) is 88.5 Å². The van der Waals surface area contributed by atoms with Gasteiger partial charge in [-0.2, -0.15) is 0 Å². The van der Waals surface area contributed by atoms with E-state index in [4.69, 9.17) is 0 Å². The molecule has 0 nitrogen and oxygen atoms in total. The Labute approximate surface area is 223 Å². The molecule has 0 fully saturated rings. The Kier molecular flexibility index (Phi) is 12.2. The van der Waals surface area contributed by atoms with Gasteiger partial charge in [-0.05, 0) is 96.6 Å². The van der Waals surface area contributed by atoms with E-state index in [1.807, 2.05) is 0 Å². The van der Waals surface area contributed by atoms with Crippen molar-refractivity contribution in [3.8, 4) is 0 Å². The van der Waals surface area contributed by atoms with Crippen LogP contribution in [0.15, 0.2) is 60.7 Å². The Morgan fingerprint density at radius 1 is 0.417 bits per heavy atom. The molecule has 0 saturated heterocycles. The van der Waals surface area contributed by atoms with Crippen LogP contribution in [0.1, 0.15) is 107 Å². The molecule has 0 spiro atoms. The minimum absolute atomic E-state index is 0.602. The van der Waals surface area contributed by atoms with Gasteiger partial charge in [-0.1, -0.05) is 127 Å². The third-order valence-electron chi connectivity index (χ3n) is 7.33. The number of hydrogen-bond donors (Lipinski definition) is 0. The maximum atomic E-state index is 2.55. The quantitative estimate of drug-likeness (QED) is 0.183. The van der Waals surface area contributed by atoms with E-state index in [1.165, 1.54) is 77.0 Å². The van der Waals surface area contributed by atoms with Crippen molar-refractivity contribution in [3.63, 3.8) is 0 Å². The largest absolute Gasteiger partial charge is 0.0654 e. The van der Waals surface area contributed by atoms with Crippen molar-refractivity contribution in [2.75, 3.05) is 0 Å². The Balaban J connectivity index is 2.32. The summed E-state index contributed by atoms with van der Waals surface area (Å²) in [4.78, 5) is 0. The first kappa shape index (κ1) is 28.7. The van der Waals surface area contributed by atoms with Crippen LogP contribution in [0.4, 0.5) is 0 Å². The number of aryl methyl sites for hydroxylation is 3. The molecule has 0 saturated carbocycles. The molecular weight excluding hydrogens is 451 g/mol. The van der Waals surface area contributed by atoms with Crippen LogP contribution in [0.5, 0.6) is 0 Å². The standard InChI is InChI=1S/C35H49P/c1-6-11-20-29-22-13-15-24-33(29)36(34-25-16-14-23-30(34)21-12-7-2)35-27-26-28(17-8-3)31(18-9-4)32(35)19-10-5/h13-16,22-27H,6-12,17-21H2,1-5H3. The molecule has 0 amide bonds. The van der Waals surface area contributed by atoms with Gasteiger partial charge in [0.15, 0.2) is 0 Å². The molecule has 3 rings (SSSR count). The summed E-state index contributed by atoms with van der Waals surface area (Å²) in [5.41, 5.74) is 8.07. The summed E-state index contributed by atoms with van der Waals surface area (Å²) >= 11 is 0. The van der Waals surface area contributed by atoms with E-state index in [1.54, 1.807) is 43.7 Å². The first-order chi connectivity index (χ1) is 17.7. The van der Waals surface area contributed by atoms with Gasteiger partial charge in [0.2, 0.25) is 0 Å². The second kappa shape index (κ2) is 15.4. The number of hydrogen-bond acceptors (Lipinski definition) is 0. The molecule has 0 bridgehead atoms. The molecule has 0 aliphatic rings. The predicted octanol–water partition coefficient (Wildman–Crippen LogP) is 8.99.